The molecular weight excluding hydrogens is 376 g/mol. The third-order valence-corrected chi connectivity index (χ3v) is 3.76. The first-order chi connectivity index (χ1) is 12.6. The van der Waals surface area contributed by atoms with E-state index in [0.717, 1.165) is 12.3 Å². The Morgan fingerprint density at radius 3 is 2.70 bits per heavy atom. The summed E-state index contributed by atoms with van der Waals surface area (Å²) < 4.78 is 37.9. The first-order valence-electron chi connectivity index (χ1n) is 7.66. The van der Waals surface area contributed by atoms with Crippen molar-refractivity contribution >= 4 is 17.9 Å². The van der Waals surface area contributed by atoms with Crippen molar-refractivity contribution < 1.29 is 43.2 Å². The third-order valence-electron chi connectivity index (χ3n) is 3.76. The number of aliphatic hydroxyl groups is 2. The van der Waals surface area contributed by atoms with Crippen LogP contribution >= 0.6 is 0 Å². The highest BCUT2D eigenvalue weighted by Crippen LogP contribution is 2.41. The van der Waals surface area contributed by atoms with Crippen LogP contribution in [0.1, 0.15) is 13.2 Å². The number of amides is 1. The van der Waals surface area contributed by atoms with Crippen LogP contribution < -0.4 is 11.0 Å². The monoisotopic (exact) mass is 393 g/mol. The average molecular weight is 393 g/mol. The molecule has 1 aliphatic rings. The van der Waals surface area contributed by atoms with E-state index in [1.807, 2.05) is 5.32 Å². The van der Waals surface area contributed by atoms with Gasteiger partial charge in [0, 0.05) is 6.20 Å². The Morgan fingerprint density at radius 1 is 1.52 bits per heavy atom. The third kappa shape index (κ3) is 4.37. The van der Waals surface area contributed by atoms with Gasteiger partial charge in [0.25, 0.3) is 0 Å². The van der Waals surface area contributed by atoms with E-state index in [0.29, 0.717) is 4.57 Å². The van der Waals surface area contributed by atoms with Gasteiger partial charge in [-0.2, -0.15) is 13.8 Å². The number of halogens is 2. The molecule has 11 nitrogen and oxygen atoms in total. The molecule has 1 amide bonds. The number of aromatic nitrogens is 2. The number of carboxylic acids is 1. The Balaban J connectivity index is 2.09. The molecule has 0 saturated carbocycles. The number of aliphatic hydroxyl groups excluding tert-OH is 2. The summed E-state index contributed by atoms with van der Waals surface area (Å²) in [4.78, 5) is 37.5. The highest BCUT2D eigenvalue weighted by atomic mass is 19.3. The van der Waals surface area contributed by atoms with Gasteiger partial charge in [0.15, 0.2) is 6.10 Å². The van der Waals surface area contributed by atoms with Gasteiger partial charge < -0.3 is 24.8 Å². The number of ether oxygens (including phenoxy) is 2. The van der Waals surface area contributed by atoms with Crippen LogP contribution in [0.3, 0.4) is 0 Å². The summed E-state index contributed by atoms with van der Waals surface area (Å²) >= 11 is 0. The van der Waals surface area contributed by atoms with Gasteiger partial charge in [-0.05, 0) is 13.0 Å². The minimum Gasteiger partial charge on any atom is -0.481 e. The summed E-state index contributed by atoms with van der Waals surface area (Å²) in [5.41, 5.74) is -1.22. The van der Waals surface area contributed by atoms with Gasteiger partial charge in [0.05, 0.1) is 12.5 Å². The number of carboxylic acid groups (broad SMARTS) is 1. The van der Waals surface area contributed by atoms with E-state index < -0.39 is 61.2 Å². The maximum Gasteiger partial charge on any atom is 0.412 e. The molecule has 0 radical (unpaired) electrons. The molecule has 13 heteroatoms. The number of rotatable bonds is 6. The van der Waals surface area contributed by atoms with E-state index in [1.54, 1.807) is 0 Å². The minimum atomic E-state index is -3.86. The first kappa shape index (κ1) is 20.7. The Kier molecular flexibility index (Phi) is 6.08. The van der Waals surface area contributed by atoms with Crippen molar-refractivity contribution in [2.24, 2.45) is 5.92 Å². The lowest BCUT2D eigenvalue weighted by molar-refractivity contribution is -0.142. The van der Waals surface area contributed by atoms with Crippen LogP contribution in [-0.4, -0.2) is 68.3 Å². The molecule has 0 aromatic carbocycles. The van der Waals surface area contributed by atoms with Crippen molar-refractivity contribution in [3.05, 3.63) is 22.7 Å². The lowest BCUT2D eigenvalue weighted by atomic mass is 10.1. The fourth-order valence-corrected chi connectivity index (χ4v) is 2.19. The van der Waals surface area contributed by atoms with Crippen LogP contribution in [0.5, 0.6) is 0 Å². The highest BCUT2D eigenvalue weighted by Gasteiger charge is 2.59. The fourth-order valence-electron chi connectivity index (χ4n) is 2.19. The molecule has 1 aromatic heterocycles. The Labute approximate surface area is 150 Å². The predicted octanol–water partition coefficient (Wildman–Crippen LogP) is -0.602. The van der Waals surface area contributed by atoms with Crippen molar-refractivity contribution in [1.82, 2.24) is 9.55 Å². The number of carbonyl (C=O) groups is 2. The Hall–Kier alpha value is -2.64. The van der Waals surface area contributed by atoms with Crippen LogP contribution in [0.15, 0.2) is 17.1 Å². The largest absolute Gasteiger partial charge is 0.481 e. The predicted molar refractivity (Wildman–Crippen MR) is 82.2 cm³/mol. The van der Waals surface area contributed by atoms with E-state index in [1.165, 1.54) is 6.92 Å². The molecule has 1 fully saturated rings. The molecule has 4 N–H and O–H groups in total. The molecule has 1 saturated heterocycles. The Morgan fingerprint density at radius 2 is 2.19 bits per heavy atom. The molecule has 27 heavy (non-hydrogen) atoms. The molecule has 0 spiro atoms. The van der Waals surface area contributed by atoms with Crippen molar-refractivity contribution in [2.45, 2.75) is 31.3 Å². The molecule has 2 heterocycles. The van der Waals surface area contributed by atoms with E-state index in [-0.39, 0.29) is 5.82 Å². The number of nitrogens with one attached hydrogen (secondary N) is 1. The van der Waals surface area contributed by atoms with Crippen molar-refractivity contribution in [1.29, 1.82) is 0 Å². The zero-order chi connectivity index (χ0) is 20.4. The topological polar surface area (TPSA) is 160 Å². The lowest BCUT2D eigenvalue weighted by Gasteiger charge is -2.21. The number of carbonyl (C=O) groups excluding carboxylic acids is 1. The van der Waals surface area contributed by atoms with Crippen molar-refractivity contribution in [2.75, 3.05) is 18.5 Å². The molecule has 4 atom stereocenters. The van der Waals surface area contributed by atoms with E-state index in [2.05, 4.69) is 9.72 Å². The number of alkyl halides is 2. The number of aliphatic carboxylic acids is 1. The van der Waals surface area contributed by atoms with Gasteiger partial charge in [0.1, 0.15) is 18.5 Å². The maximum absolute atomic E-state index is 14.0. The molecule has 150 valence electrons. The number of anilines is 1. The van der Waals surface area contributed by atoms with Crippen LogP contribution in [0, 0.1) is 5.92 Å². The van der Waals surface area contributed by atoms with Gasteiger partial charge in [-0.25, -0.2) is 9.59 Å². The molecular formula is C14H17F2N3O8. The van der Waals surface area contributed by atoms with Crippen LogP contribution in [0.2, 0.25) is 0 Å². The van der Waals surface area contributed by atoms with Crippen LogP contribution in [-0.2, 0) is 14.3 Å². The van der Waals surface area contributed by atoms with Gasteiger partial charge in [0.2, 0.25) is 6.23 Å². The van der Waals surface area contributed by atoms with E-state index in [4.69, 9.17) is 14.9 Å². The quantitative estimate of drug-likeness (QED) is 0.495. The smallest absolute Gasteiger partial charge is 0.412 e. The summed E-state index contributed by atoms with van der Waals surface area (Å²) in [5, 5.41) is 29.1. The molecule has 2 rings (SSSR count). The van der Waals surface area contributed by atoms with Gasteiger partial charge in [-0.1, -0.05) is 0 Å². The molecule has 0 aliphatic carbocycles. The standard InChI is InChI=1S/C14H17F2N3O8/c1-6(10(22)23)5-26-13(25)18-8-2-3-19(12(24)17-8)11-14(15,16)9(21)7(4-20)27-11/h2-3,6-7,9,11,20-21H,4-5H2,1H3,(H,22,23)(H,17,18,24,25)/t6-,7-,9-,11-/m1/s1. The van der Waals surface area contributed by atoms with Crippen LogP contribution in [0.4, 0.5) is 19.4 Å². The fraction of sp³-hybridized carbons (Fsp3) is 0.571. The summed E-state index contributed by atoms with van der Waals surface area (Å²) in [6, 6.07) is 1.00. The van der Waals surface area contributed by atoms with Crippen LogP contribution in [0.25, 0.3) is 0 Å². The zero-order valence-electron chi connectivity index (χ0n) is 13.9. The molecule has 1 aromatic rings. The molecule has 0 bridgehead atoms. The second kappa shape index (κ2) is 7.94. The SMILES string of the molecule is C[C@H](COC(=O)Nc1ccn([C@@H]2O[C@H](CO)[C@@H](O)C2(F)F)c(=O)n1)C(=O)O. The minimum absolute atomic E-state index is 0.329. The zero-order valence-corrected chi connectivity index (χ0v) is 13.9. The first-order valence-corrected chi connectivity index (χ1v) is 7.66. The lowest BCUT2D eigenvalue weighted by Crippen LogP contribution is -2.41. The van der Waals surface area contributed by atoms with Gasteiger partial charge in [-0.15, -0.1) is 0 Å². The second-order valence-corrected chi connectivity index (χ2v) is 5.79. The summed E-state index contributed by atoms with van der Waals surface area (Å²) in [5.74, 6) is -6.32. The van der Waals surface area contributed by atoms with Gasteiger partial charge >= 0.3 is 23.7 Å². The normalized spacial score (nSPS) is 25.0. The number of hydrogen-bond acceptors (Lipinski definition) is 8. The van der Waals surface area contributed by atoms with Crippen molar-refractivity contribution in [3.63, 3.8) is 0 Å². The van der Waals surface area contributed by atoms with E-state index in [9.17, 15) is 28.3 Å². The van der Waals surface area contributed by atoms with E-state index >= 15 is 0 Å². The summed E-state index contributed by atoms with van der Waals surface area (Å²) in [7, 11) is 0. The number of hydrogen-bond donors (Lipinski definition) is 4. The second-order valence-electron chi connectivity index (χ2n) is 5.79. The van der Waals surface area contributed by atoms with Gasteiger partial charge in [-0.3, -0.25) is 14.7 Å². The van der Waals surface area contributed by atoms with Crippen molar-refractivity contribution in [3.8, 4) is 0 Å². The number of nitrogens with zero attached hydrogens (tertiary/aromatic N) is 2. The maximum atomic E-state index is 14.0. The highest BCUT2D eigenvalue weighted by molar-refractivity contribution is 5.83. The molecule has 1 aliphatic heterocycles. The summed E-state index contributed by atoms with van der Waals surface area (Å²) in [6.45, 7) is 0.00137. The summed E-state index contributed by atoms with van der Waals surface area (Å²) in [6.07, 6.45) is -6.33. The average Bonchev–Trinajstić information content (AvgIpc) is 2.82. The Bertz CT molecular complexity index is 771. The molecule has 0 unspecified atom stereocenters.